The van der Waals surface area contributed by atoms with E-state index in [1.165, 1.54) is 16.9 Å². The first-order valence-corrected chi connectivity index (χ1v) is 11.3. The molecule has 2 aromatic carbocycles. The second kappa shape index (κ2) is 8.43. The van der Waals surface area contributed by atoms with E-state index in [-0.39, 0.29) is 6.04 Å². The normalized spacial score (nSPS) is 12.2. The SMILES string of the molecule is COc1ccc(-c2ccc3nc(Cc4csc(N)n4)n([C@@H](C)c4ccccc4)c3c2)cn1. The number of imidazole rings is 1. The van der Waals surface area contributed by atoms with E-state index in [0.717, 1.165) is 33.7 Å². The maximum Gasteiger partial charge on any atom is 0.212 e. The van der Waals surface area contributed by atoms with Gasteiger partial charge in [-0.15, -0.1) is 11.3 Å². The van der Waals surface area contributed by atoms with E-state index in [4.69, 9.17) is 15.5 Å². The van der Waals surface area contributed by atoms with Crippen molar-refractivity contribution in [3.05, 3.63) is 89.3 Å². The minimum Gasteiger partial charge on any atom is -0.481 e. The van der Waals surface area contributed by atoms with Gasteiger partial charge in [-0.25, -0.2) is 15.0 Å². The summed E-state index contributed by atoms with van der Waals surface area (Å²) in [5, 5.41) is 2.58. The predicted molar refractivity (Wildman–Crippen MR) is 129 cm³/mol. The van der Waals surface area contributed by atoms with Crippen LogP contribution in [0.1, 0.15) is 30.0 Å². The Morgan fingerprint density at radius 1 is 1.03 bits per heavy atom. The number of rotatable bonds is 6. The minimum absolute atomic E-state index is 0.108. The molecule has 5 aromatic rings. The van der Waals surface area contributed by atoms with E-state index >= 15 is 0 Å². The molecule has 0 radical (unpaired) electrons. The summed E-state index contributed by atoms with van der Waals surface area (Å²) in [5.41, 5.74) is 12.2. The number of thiazole rings is 1. The van der Waals surface area contributed by atoms with Crippen LogP contribution < -0.4 is 10.5 Å². The molecular weight excluding hydrogens is 418 g/mol. The maximum atomic E-state index is 5.87. The molecule has 0 aliphatic rings. The van der Waals surface area contributed by atoms with Crippen molar-refractivity contribution in [2.45, 2.75) is 19.4 Å². The molecule has 2 N–H and O–H groups in total. The van der Waals surface area contributed by atoms with Gasteiger partial charge in [-0.3, -0.25) is 0 Å². The van der Waals surface area contributed by atoms with Gasteiger partial charge in [0.05, 0.1) is 29.9 Å². The summed E-state index contributed by atoms with van der Waals surface area (Å²) in [7, 11) is 1.62. The third-order valence-corrected chi connectivity index (χ3v) is 6.34. The highest BCUT2D eigenvalue weighted by Gasteiger charge is 2.19. The number of nitrogen functional groups attached to an aromatic ring is 1. The fourth-order valence-corrected chi connectivity index (χ4v) is 4.56. The minimum atomic E-state index is 0.108. The maximum absolute atomic E-state index is 5.87. The van der Waals surface area contributed by atoms with Crippen LogP contribution >= 0.6 is 11.3 Å². The van der Waals surface area contributed by atoms with Crippen LogP contribution in [0.2, 0.25) is 0 Å². The lowest BCUT2D eigenvalue weighted by Crippen LogP contribution is -2.11. The predicted octanol–water partition coefficient (Wildman–Crippen LogP) is 5.35. The number of ether oxygens (including phenoxy) is 1. The van der Waals surface area contributed by atoms with Crippen LogP contribution in [-0.4, -0.2) is 26.6 Å². The standard InChI is InChI=1S/C25H23N5OS/c1-16(17-6-4-3-5-7-17)30-22-12-18(19-9-11-24(31-2)27-14-19)8-10-21(22)29-23(30)13-20-15-32-25(26)28-20/h3-12,14-16H,13H2,1-2H3,(H2,26,28)/t16-/m0/s1. The zero-order valence-electron chi connectivity index (χ0n) is 17.9. The van der Waals surface area contributed by atoms with Crippen molar-refractivity contribution in [2.75, 3.05) is 12.8 Å². The number of benzene rings is 2. The Morgan fingerprint density at radius 2 is 1.84 bits per heavy atom. The van der Waals surface area contributed by atoms with Crippen LogP contribution in [0.4, 0.5) is 5.13 Å². The van der Waals surface area contributed by atoms with E-state index in [1.807, 2.05) is 29.8 Å². The van der Waals surface area contributed by atoms with Gasteiger partial charge in [-0.2, -0.15) is 0 Å². The van der Waals surface area contributed by atoms with E-state index in [0.29, 0.717) is 17.4 Å². The highest BCUT2D eigenvalue weighted by molar-refractivity contribution is 7.13. The van der Waals surface area contributed by atoms with Gasteiger partial charge >= 0.3 is 0 Å². The number of aromatic nitrogens is 4. The average Bonchev–Trinajstić information content (AvgIpc) is 3.41. The largest absolute Gasteiger partial charge is 0.481 e. The van der Waals surface area contributed by atoms with Gasteiger partial charge in [0, 0.05) is 29.6 Å². The number of hydrogen-bond acceptors (Lipinski definition) is 6. The van der Waals surface area contributed by atoms with Crippen LogP contribution in [0, 0.1) is 0 Å². The summed E-state index contributed by atoms with van der Waals surface area (Å²) in [6, 6.07) is 20.8. The molecule has 0 saturated heterocycles. The Labute approximate surface area is 190 Å². The molecule has 3 heterocycles. The van der Waals surface area contributed by atoms with Gasteiger partial charge < -0.3 is 15.0 Å². The number of methoxy groups -OCH3 is 1. The Morgan fingerprint density at radius 3 is 2.53 bits per heavy atom. The molecule has 7 heteroatoms. The molecule has 0 unspecified atom stereocenters. The van der Waals surface area contributed by atoms with Crippen molar-refractivity contribution < 1.29 is 4.74 Å². The second-order valence-corrected chi connectivity index (χ2v) is 8.52. The van der Waals surface area contributed by atoms with Crippen LogP contribution in [-0.2, 0) is 6.42 Å². The lowest BCUT2D eigenvalue weighted by atomic mass is 10.1. The number of fused-ring (bicyclic) bond motifs is 1. The van der Waals surface area contributed by atoms with Crippen LogP contribution in [0.5, 0.6) is 5.88 Å². The average molecular weight is 442 g/mol. The first-order chi connectivity index (χ1) is 15.6. The van der Waals surface area contributed by atoms with Crippen molar-refractivity contribution >= 4 is 27.5 Å². The molecule has 5 rings (SSSR count). The van der Waals surface area contributed by atoms with Crippen molar-refractivity contribution in [1.82, 2.24) is 19.5 Å². The van der Waals surface area contributed by atoms with E-state index in [2.05, 4.69) is 63.9 Å². The third-order valence-electron chi connectivity index (χ3n) is 5.62. The number of anilines is 1. The highest BCUT2D eigenvalue weighted by Crippen LogP contribution is 2.31. The Balaban J connectivity index is 1.64. The van der Waals surface area contributed by atoms with E-state index < -0.39 is 0 Å². The second-order valence-electron chi connectivity index (χ2n) is 7.63. The molecule has 32 heavy (non-hydrogen) atoms. The molecule has 6 nitrogen and oxygen atoms in total. The van der Waals surface area contributed by atoms with Crippen molar-refractivity contribution in [3.63, 3.8) is 0 Å². The molecule has 0 aliphatic carbocycles. The summed E-state index contributed by atoms with van der Waals surface area (Å²) >= 11 is 1.46. The number of hydrogen-bond donors (Lipinski definition) is 1. The zero-order chi connectivity index (χ0) is 22.1. The van der Waals surface area contributed by atoms with Gasteiger partial charge in [-0.1, -0.05) is 36.4 Å². The fourth-order valence-electron chi connectivity index (χ4n) is 4.00. The molecule has 0 bridgehead atoms. The lowest BCUT2D eigenvalue weighted by molar-refractivity contribution is 0.398. The van der Waals surface area contributed by atoms with Gasteiger partial charge in [0.15, 0.2) is 5.13 Å². The summed E-state index contributed by atoms with van der Waals surface area (Å²) in [5.74, 6) is 1.56. The lowest BCUT2D eigenvalue weighted by Gasteiger charge is -2.18. The summed E-state index contributed by atoms with van der Waals surface area (Å²) in [6.45, 7) is 2.21. The highest BCUT2D eigenvalue weighted by atomic mass is 32.1. The molecule has 0 spiro atoms. The molecule has 0 fully saturated rings. The molecule has 1 atom stereocenters. The summed E-state index contributed by atoms with van der Waals surface area (Å²) in [4.78, 5) is 13.8. The Bertz CT molecular complexity index is 1360. The van der Waals surface area contributed by atoms with Crippen LogP contribution in [0.15, 0.2) is 72.2 Å². The zero-order valence-corrected chi connectivity index (χ0v) is 18.7. The number of pyridine rings is 1. The van der Waals surface area contributed by atoms with E-state index in [1.54, 1.807) is 7.11 Å². The van der Waals surface area contributed by atoms with Crippen molar-refractivity contribution in [1.29, 1.82) is 0 Å². The van der Waals surface area contributed by atoms with Crippen LogP contribution in [0.25, 0.3) is 22.2 Å². The topological polar surface area (TPSA) is 78.9 Å². The van der Waals surface area contributed by atoms with Gasteiger partial charge in [0.2, 0.25) is 5.88 Å². The number of nitrogens with zero attached hydrogens (tertiary/aromatic N) is 4. The molecule has 0 amide bonds. The van der Waals surface area contributed by atoms with Crippen LogP contribution in [0.3, 0.4) is 0 Å². The first-order valence-electron chi connectivity index (χ1n) is 10.4. The molecular formula is C25H23N5OS. The monoisotopic (exact) mass is 441 g/mol. The van der Waals surface area contributed by atoms with Gasteiger partial charge in [0.25, 0.3) is 0 Å². The Kier molecular flexibility index (Phi) is 5.33. The van der Waals surface area contributed by atoms with Crippen molar-refractivity contribution in [2.24, 2.45) is 0 Å². The third kappa shape index (κ3) is 3.83. The van der Waals surface area contributed by atoms with Gasteiger partial charge in [-0.05, 0) is 36.2 Å². The molecule has 0 aliphatic heterocycles. The Hall–Kier alpha value is -3.71. The van der Waals surface area contributed by atoms with E-state index in [9.17, 15) is 0 Å². The first kappa shape index (κ1) is 20.2. The smallest absolute Gasteiger partial charge is 0.212 e. The van der Waals surface area contributed by atoms with Gasteiger partial charge in [0.1, 0.15) is 5.82 Å². The molecule has 0 saturated carbocycles. The molecule has 160 valence electrons. The van der Waals surface area contributed by atoms with Crippen molar-refractivity contribution in [3.8, 4) is 17.0 Å². The summed E-state index contributed by atoms with van der Waals surface area (Å²) < 4.78 is 7.50. The quantitative estimate of drug-likeness (QED) is 0.384. The number of nitrogens with two attached hydrogens (primary N) is 1. The molecule has 3 aromatic heterocycles. The summed E-state index contributed by atoms with van der Waals surface area (Å²) in [6.07, 6.45) is 2.46. The fraction of sp³-hybridized carbons (Fsp3) is 0.160.